The topological polar surface area (TPSA) is 52.6 Å². The third-order valence-corrected chi connectivity index (χ3v) is 7.55. The molecule has 1 atom stereocenters. The van der Waals surface area contributed by atoms with E-state index in [2.05, 4.69) is 59.2 Å². The van der Waals surface area contributed by atoms with Gasteiger partial charge in [0, 0.05) is 68.8 Å². The summed E-state index contributed by atoms with van der Waals surface area (Å²) < 4.78 is 17.7. The smallest absolute Gasteiger partial charge is 0.224 e. The Morgan fingerprint density at radius 3 is 2.51 bits per heavy atom. The normalized spacial score (nSPS) is 14.7. The summed E-state index contributed by atoms with van der Waals surface area (Å²) in [6.45, 7) is 10.3. The fourth-order valence-electron chi connectivity index (χ4n) is 4.43. The van der Waals surface area contributed by atoms with E-state index >= 15 is 0 Å². The molecular formula is C27H34FN5OS. The van der Waals surface area contributed by atoms with Crippen molar-refractivity contribution in [1.82, 2.24) is 14.3 Å². The zero-order valence-electron chi connectivity index (χ0n) is 20.8. The summed E-state index contributed by atoms with van der Waals surface area (Å²) in [6, 6.07) is 15.1. The van der Waals surface area contributed by atoms with Crippen molar-refractivity contribution in [3.8, 4) is 0 Å². The van der Waals surface area contributed by atoms with Crippen LogP contribution in [-0.2, 0) is 11.2 Å². The Kier molecular flexibility index (Phi) is 8.33. The highest BCUT2D eigenvalue weighted by Crippen LogP contribution is 2.24. The van der Waals surface area contributed by atoms with Crippen LogP contribution in [0.4, 0.5) is 15.2 Å². The minimum Gasteiger partial charge on any atom is -0.368 e. The molecule has 4 rings (SSSR count). The number of para-hydroxylation sites is 1. The first-order chi connectivity index (χ1) is 16.9. The Balaban J connectivity index is 1.33. The van der Waals surface area contributed by atoms with Crippen LogP contribution in [0.15, 0.2) is 48.5 Å². The van der Waals surface area contributed by atoms with Crippen molar-refractivity contribution in [2.24, 2.45) is 0 Å². The van der Waals surface area contributed by atoms with E-state index in [1.54, 1.807) is 12.1 Å². The number of amides is 1. The number of aromatic nitrogens is 2. The molecule has 0 saturated carbocycles. The fourth-order valence-corrected chi connectivity index (χ4v) is 5.25. The maximum atomic E-state index is 13.2. The van der Waals surface area contributed by atoms with E-state index in [0.29, 0.717) is 19.4 Å². The van der Waals surface area contributed by atoms with Crippen LogP contribution in [-0.4, -0.2) is 58.9 Å². The van der Waals surface area contributed by atoms with E-state index in [9.17, 15) is 9.18 Å². The van der Waals surface area contributed by atoms with Crippen LogP contribution in [0.1, 0.15) is 43.6 Å². The number of anilines is 2. The third kappa shape index (κ3) is 6.36. The Hall–Kier alpha value is -3.00. The summed E-state index contributed by atoms with van der Waals surface area (Å²) in [7, 11) is 0. The zero-order valence-corrected chi connectivity index (χ0v) is 21.6. The van der Waals surface area contributed by atoms with Crippen molar-refractivity contribution in [3.05, 3.63) is 71.3 Å². The molecule has 0 N–H and O–H groups in total. The molecule has 2 aromatic carbocycles. The first-order valence-electron chi connectivity index (χ1n) is 12.4. The molecule has 1 amide bonds. The maximum absolute atomic E-state index is 13.2. The lowest BCUT2D eigenvalue weighted by molar-refractivity contribution is -0.131. The van der Waals surface area contributed by atoms with Crippen molar-refractivity contribution in [2.45, 2.75) is 46.1 Å². The summed E-state index contributed by atoms with van der Waals surface area (Å²) in [5.41, 5.74) is 3.51. The van der Waals surface area contributed by atoms with Crippen LogP contribution < -0.4 is 9.80 Å². The summed E-state index contributed by atoms with van der Waals surface area (Å²) in [5, 5.41) is 0.841. The molecule has 1 aliphatic rings. The number of halogens is 1. The Labute approximate surface area is 211 Å². The predicted molar refractivity (Wildman–Crippen MR) is 141 cm³/mol. The van der Waals surface area contributed by atoms with Gasteiger partial charge in [-0.1, -0.05) is 37.3 Å². The number of rotatable bonds is 9. The molecule has 1 aliphatic heterocycles. The summed E-state index contributed by atoms with van der Waals surface area (Å²) in [6.07, 6.45) is 1.98. The van der Waals surface area contributed by atoms with Gasteiger partial charge in [-0.05, 0) is 49.6 Å². The third-order valence-electron chi connectivity index (χ3n) is 6.76. The molecular weight excluding hydrogens is 461 g/mol. The number of hydrogen-bond acceptors (Lipinski definition) is 6. The lowest BCUT2D eigenvalue weighted by Gasteiger charge is -2.37. The Morgan fingerprint density at radius 1 is 1.11 bits per heavy atom. The first-order valence-corrected chi connectivity index (χ1v) is 13.1. The van der Waals surface area contributed by atoms with Crippen LogP contribution in [0, 0.1) is 12.7 Å². The lowest BCUT2D eigenvalue weighted by Crippen LogP contribution is -2.49. The zero-order chi connectivity index (χ0) is 24.8. The highest BCUT2D eigenvalue weighted by Gasteiger charge is 2.24. The van der Waals surface area contributed by atoms with E-state index < -0.39 is 0 Å². The lowest BCUT2D eigenvalue weighted by atomic mass is 10.1. The molecule has 0 bridgehead atoms. The van der Waals surface area contributed by atoms with Crippen LogP contribution in [0.5, 0.6) is 0 Å². The molecule has 35 heavy (non-hydrogen) atoms. The number of carbonyl (C=O) groups excluding carboxylic acids is 1. The standard InChI is InChI=1S/C27H34FN5OS/c1-4-21(3)33(27-29-25(30-35-27)19-22-9-11-23(28)12-10-22)14-13-26(34)32-17-15-31(16-18-32)24-8-6-5-7-20(24)2/h5-12,21H,4,13-19H2,1-3H3. The molecule has 1 aromatic heterocycles. The van der Waals surface area contributed by atoms with Gasteiger partial charge in [0.15, 0.2) is 0 Å². The summed E-state index contributed by atoms with van der Waals surface area (Å²) in [5.74, 6) is 0.673. The molecule has 0 radical (unpaired) electrons. The quantitative estimate of drug-likeness (QED) is 0.422. The van der Waals surface area contributed by atoms with Crippen LogP contribution in [0.25, 0.3) is 0 Å². The second-order valence-electron chi connectivity index (χ2n) is 9.15. The number of hydrogen-bond donors (Lipinski definition) is 0. The van der Waals surface area contributed by atoms with Gasteiger partial charge in [-0.15, -0.1) is 0 Å². The van der Waals surface area contributed by atoms with Crippen molar-refractivity contribution >= 4 is 28.3 Å². The van der Waals surface area contributed by atoms with Crippen molar-refractivity contribution in [3.63, 3.8) is 0 Å². The first kappa shape index (κ1) is 25.1. The maximum Gasteiger partial charge on any atom is 0.224 e. The van der Waals surface area contributed by atoms with Crippen LogP contribution in [0.2, 0.25) is 0 Å². The largest absolute Gasteiger partial charge is 0.368 e. The van der Waals surface area contributed by atoms with Gasteiger partial charge in [-0.3, -0.25) is 4.79 Å². The fraction of sp³-hybridized carbons (Fsp3) is 0.444. The molecule has 186 valence electrons. The monoisotopic (exact) mass is 495 g/mol. The predicted octanol–water partition coefficient (Wildman–Crippen LogP) is 4.92. The van der Waals surface area contributed by atoms with Crippen LogP contribution in [0.3, 0.4) is 0 Å². The van der Waals surface area contributed by atoms with Crippen LogP contribution >= 0.6 is 11.5 Å². The van der Waals surface area contributed by atoms with Gasteiger partial charge in [0.05, 0.1) is 0 Å². The van der Waals surface area contributed by atoms with Crippen molar-refractivity contribution in [1.29, 1.82) is 0 Å². The highest BCUT2D eigenvalue weighted by molar-refractivity contribution is 7.09. The number of nitrogens with zero attached hydrogens (tertiary/aromatic N) is 5. The number of aryl methyl sites for hydroxylation is 1. The molecule has 3 aromatic rings. The van der Waals surface area contributed by atoms with Gasteiger partial charge >= 0.3 is 0 Å². The minimum absolute atomic E-state index is 0.193. The van der Waals surface area contributed by atoms with Gasteiger partial charge in [0.2, 0.25) is 11.0 Å². The minimum atomic E-state index is -0.245. The van der Waals surface area contributed by atoms with E-state index in [4.69, 9.17) is 4.98 Å². The van der Waals surface area contributed by atoms with Gasteiger partial charge < -0.3 is 14.7 Å². The molecule has 2 heterocycles. The second kappa shape index (κ2) is 11.6. The molecule has 0 spiro atoms. The van der Waals surface area contributed by atoms with E-state index in [0.717, 1.165) is 49.1 Å². The molecule has 1 unspecified atom stereocenters. The number of piperazine rings is 1. The average molecular weight is 496 g/mol. The van der Waals surface area contributed by atoms with Gasteiger partial charge in [0.25, 0.3) is 0 Å². The van der Waals surface area contributed by atoms with Gasteiger partial charge in [0.1, 0.15) is 11.6 Å². The number of carbonyl (C=O) groups is 1. The Morgan fingerprint density at radius 2 is 1.83 bits per heavy atom. The molecule has 1 saturated heterocycles. The molecule has 1 fully saturated rings. The average Bonchev–Trinajstić information content (AvgIpc) is 3.33. The van der Waals surface area contributed by atoms with Crippen molar-refractivity contribution in [2.75, 3.05) is 42.5 Å². The molecule has 0 aliphatic carbocycles. The van der Waals surface area contributed by atoms with Gasteiger partial charge in [-0.25, -0.2) is 9.37 Å². The molecule has 6 nitrogen and oxygen atoms in total. The summed E-state index contributed by atoms with van der Waals surface area (Å²) in [4.78, 5) is 24.4. The van der Waals surface area contributed by atoms with Gasteiger partial charge in [-0.2, -0.15) is 4.37 Å². The second-order valence-corrected chi connectivity index (χ2v) is 9.88. The molecule has 8 heteroatoms. The van der Waals surface area contributed by atoms with E-state index in [1.165, 1.54) is 34.9 Å². The van der Waals surface area contributed by atoms with E-state index in [-0.39, 0.29) is 17.8 Å². The summed E-state index contributed by atoms with van der Waals surface area (Å²) >= 11 is 1.37. The van der Waals surface area contributed by atoms with Crippen molar-refractivity contribution < 1.29 is 9.18 Å². The Bertz CT molecular complexity index is 1110. The van der Waals surface area contributed by atoms with E-state index in [1.807, 2.05) is 4.90 Å². The highest BCUT2D eigenvalue weighted by atomic mass is 32.1. The number of benzene rings is 2. The SMILES string of the molecule is CCC(C)N(CCC(=O)N1CCN(c2ccccc2C)CC1)c1nc(Cc2ccc(F)cc2)ns1.